The van der Waals surface area contributed by atoms with Crippen molar-refractivity contribution in [2.75, 3.05) is 0 Å². The summed E-state index contributed by atoms with van der Waals surface area (Å²) < 4.78 is 0. The quantitative estimate of drug-likeness (QED) is 0.484. The summed E-state index contributed by atoms with van der Waals surface area (Å²) in [6.07, 6.45) is 3.30. The van der Waals surface area contributed by atoms with Crippen molar-refractivity contribution >= 4 is 35.1 Å². The van der Waals surface area contributed by atoms with Crippen LogP contribution >= 0.6 is 23.2 Å². The van der Waals surface area contributed by atoms with Crippen LogP contribution in [0.1, 0.15) is 42.3 Å². The number of benzene rings is 2. The van der Waals surface area contributed by atoms with Crippen molar-refractivity contribution in [3.63, 3.8) is 0 Å². The molecule has 0 aliphatic rings. The maximum atomic E-state index is 12.2. The van der Waals surface area contributed by atoms with Crippen molar-refractivity contribution in [1.29, 1.82) is 0 Å². The van der Waals surface area contributed by atoms with Gasteiger partial charge in [0.2, 0.25) is 0 Å². The molecule has 0 fully saturated rings. The highest BCUT2D eigenvalue weighted by Crippen LogP contribution is 2.23. The molecule has 0 saturated carbocycles. The summed E-state index contributed by atoms with van der Waals surface area (Å²) in [5.41, 5.74) is 2.76. The van der Waals surface area contributed by atoms with E-state index in [4.69, 9.17) is 23.2 Å². The Hall–Kier alpha value is -1.57. The molecule has 0 amide bonds. The second-order valence-electron chi connectivity index (χ2n) is 6.19. The van der Waals surface area contributed by atoms with Gasteiger partial charge in [0.15, 0.2) is 5.78 Å². The zero-order valence-corrected chi connectivity index (χ0v) is 14.4. The predicted octanol–water partition coefficient (Wildman–Crippen LogP) is 6.19. The van der Waals surface area contributed by atoms with Gasteiger partial charge in [-0.25, -0.2) is 0 Å². The third kappa shape index (κ3) is 4.22. The smallest absolute Gasteiger partial charge is 0.187 e. The SMILES string of the molecule is CC(C)(C)c1ccc(C=CC(=O)c2cc(Cl)ccc2Cl)cc1. The van der Waals surface area contributed by atoms with E-state index < -0.39 is 0 Å². The fraction of sp³-hybridized carbons (Fsp3) is 0.211. The highest BCUT2D eigenvalue weighted by Gasteiger charge is 2.12. The summed E-state index contributed by atoms with van der Waals surface area (Å²) in [5, 5.41) is 0.901. The number of hydrogen-bond donors (Lipinski definition) is 0. The Morgan fingerprint density at radius 2 is 1.64 bits per heavy atom. The van der Waals surface area contributed by atoms with Gasteiger partial charge in [-0.05, 0) is 40.8 Å². The van der Waals surface area contributed by atoms with Crippen LogP contribution in [0.15, 0.2) is 48.5 Å². The van der Waals surface area contributed by atoms with Crippen LogP contribution in [0, 0.1) is 0 Å². The van der Waals surface area contributed by atoms with Gasteiger partial charge >= 0.3 is 0 Å². The van der Waals surface area contributed by atoms with Gasteiger partial charge in [-0.15, -0.1) is 0 Å². The molecule has 0 bridgehead atoms. The number of carbonyl (C=O) groups excluding carboxylic acids is 1. The van der Waals surface area contributed by atoms with Crippen LogP contribution in [-0.4, -0.2) is 5.78 Å². The first-order valence-corrected chi connectivity index (χ1v) is 7.81. The zero-order valence-electron chi connectivity index (χ0n) is 12.9. The predicted molar refractivity (Wildman–Crippen MR) is 95.0 cm³/mol. The van der Waals surface area contributed by atoms with Crippen LogP contribution in [0.25, 0.3) is 6.08 Å². The molecule has 0 heterocycles. The molecule has 0 aromatic heterocycles. The lowest BCUT2D eigenvalue weighted by atomic mass is 9.87. The number of rotatable bonds is 3. The van der Waals surface area contributed by atoms with Crippen LogP contribution in [0.5, 0.6) is 0 Å². The first-order chi connectivity index (χ1) is 10.3. The molecule has 2 aromatic rings. The van der Waals surface area contributed by atoms with Crippen molar-refractivity contribution in [1.82, 2.24) is 0 Å². The van der Waals surface area contributed by atoms with E-state index >= 15 is 0 Å². The van der Waals surface area contributed by atoms with Gasteiger partial charge < -0.3 is 0 Å². The summed E-state index contributed by atoms with van der Waals surface area (Å²) in [6, 6.07) is 13.0. The minimum atomic E-state index is -0.160. The lowest BCUT2D eigenvalue weighted by Crippen LogP contribution is -2.10. The van der Waals surface area contributed by atoms with E-state index in [0.717, 1.165) is 5.56 Å². The van der Waals surface area contributed by atoms with E-state index in [-0.39, 0.29) is 11.2 Å². The fourth-order valence-electron chi connectivity index (χ4n) is 2.04. The summed E-state index contributed by atoms with van der Waals surface area (Å²) in [4.78, 5) is 12.2. The van der Waals surface area contributed by atoms with Gasteiger partial charge in [0.1, 0.15) is 0 Å². The maximum Gasteiger partial charge on any atom is 0.187 e. The second kappa shape index (κ2) is 6.68. The topological polar surface area (TPSA) is 17.1 Å². The maximum absolute atomic E-state index is 12.2. The van der Waals surface area contributed by atoms with E-state index in [1.54, 1.807) is 24.3 Å². The van der Waals surface area contributed by atoms with Gasteiger partial charge in [-0.2, -0.15) is 0 Å². The van der Waals surface area contributed by atoms with E-state index in [1.165, 1.54) is 11.6 Å². The Morgan fingerprint density at radius 3 is 2.23 bits per heavy atom. The van der Waals surface area contributed by atoms with Crippen molar-refractivity contribution in [3.05, 3.63) is 75.3 Å². The summed E-state index contributed by atoms with van der Waals surface area (Å²) in [6.45, 7) is 6.51. The Labute approximate surface area is 141 Å². The number of carbonyl (C=O) groups is 1. The molecule has 114 valence electrons. The molecule has 2 aromatic carbocycles. The third-order valence-electron chi connectivity index (χ3n) is 3.40. The molecular formula is C19H18Cl2O. The van der Waals surface area contributed by atoms with Crippen LogP contribution in [-0.2, 0) is 5.41 Å². The zero-order chi connectivity index (χ0) is 16.3. The Balaban J connectivity index is 2.18. The summed E-state index contributed by atoms with van der Waals surface area (Å²) >= 11 is 11.9. The molecule has 3 heteroatoms. The molecular weight excluding hydrogens is 315 g/mol. The average molecular weight is 333 g/mol. The summed E-state index contributed by atoms with van der Waals surface area (Å²) in [5.74, 6) is -0.160. The Morgan fingerprint density at radius 1 is 1.00 bits per heavy atom. The van der Waals surface area contributed by atoms with Crippen molar-refractivity contribution in [3.8, 4) is 0 Å². The van der Waals surface area contributed by atoms with E-state index in [0.29, 0.717) is 15.6 Å². The van der Waals surface area contributed by atoms with E-state index in [2.05, 4.69) is 32.9 Å². The largest absolute Gasteiger partial charge is 0.289 e. The molecule has 0 aliphatic carbocycles. The highest BCUT2D eigenvalue weighted by atomic mass is 35.5. The first-order valence-electron chi connectivity index (χ1n) is 7.05. The molecule has 1 nitrogen and oxygen atoms in total. The van der Waals surface area contributed by atoms with E-state index in [1.807, 2.05) is 12.1 Å². The lowest BCUT2D eigenvalue weighted by Gasteiger charge is -2.18. The summed E-state index contributed by atoms with van der Waals surface area (Å²) in [7, 11) is 0. The van der Waals surface area contributed by atoms with E-state index in [9.17, 15) is 4.79 Å². The second-order valence-corrected chi connectivity index (χ2v) is 7.04. The third-order valence-corrected chi connectivity index (χ3v) is 3.96. The molecule has 22 heavy (non-hydrogen) atoms. The Bertz CT molecular complexity index is 707. The monoisotopic (exact) mass is 332 g/mol. The lowest BCUT2D eigenvalue weighted by molar-refractivity contribution is 0.104. The van der Waals surface area contributed by atoms with Gasteiger partial charge in [0.05, 0.1) is 5.02 Å². The standard InChI is InChI=1S/C19H18Cl2O/c1-19(2,3)14-7-4-13(5-8-14)6-11-18(22)16-12-15(20)9-10-17(16)21/h4-12H,1-3H3. The van der Waals surface area contributed by atoms with Crippen LogP contribution in [0.4, 0.5) is 0 Å². The average Bonchev–Trinajstić information content (AvgIpc) is 2.47. The van der Waals surface area contributed by atoms with Crippen molar-refractivity contribution in [2.45, 2.75) is 26.2 Å². The normalized spacial score (nSPS) is 11.9. The molecule has 0 N–H and O–H groups in total. The first kappa shape index (κ1) is 16.8. The van der Waals surface area contributed by atoms with Crippen molar-refractivity contribution in [2.24, 2.45) is 0 Å². The van der Waals surface area contributed by atoms with Crippen LogP contribution < -0.4 is 0 Å². The highest BCUT2D eigenvalue weighted by molar-refractivity contribution is 6.36. The minimum Gasteiger partial charge on any atom is -0.289 e. The van der Waals surface area contributed by atoms with Crippen LogP contribution in [0.3, 0.4) is 0 Å². The van der Waals surface area contributed by atoms with Gasteiger partial charge in [-0.3, -0.25) is 4.79 Å². The number of hydrogen-bond acceptors (Lipinski definition) is 1. The number of allylic oxidation sites excluding steroid dienone is 1. The molecule has 0 saturated heterocycles. The molecule has 0 unspecified atom stereocenters. The van der Waals surface area contributed by atoms with Crippen molar-refractivity contribution < 1.29 is 4.79 Å². The minimum absolute atomic E-state index is 0.117. The molecule has 0 spiro atoms. The number of halogens is 2. The molecule has 2 rings (SSSR count). The molecule has 0 aliphatic heterocycles. The van der Waals surface area contributed by atoms with Gasteiger partial charge in [-0.1, -0.05) is 74.3 Å². The van der Waals surface area contributed by atoms with Crippen LogP contribution in [0.2, 0.25) is 10.0 Å². The van der Waals surface area contributed by atoms with Gasteiger partial charge in [0.25, 0.3) is 0 Å². The van der Waals surface area contributed by atoms with Gasteiger partial charge in [0, 0.05) is 10.6 Å². The Kier molecular flexibility index (Phi) is 5.10. The molecule has 0 atom stereocenters. The molecule has 0 radical (unpaired) electrons. The number of ketones is 1. The fourth-order valence-corrected chi connectivity index (χ4v) is 2.43.